The summed E-state index contributed by atoms with van der Waals surface area (Å²) >= 11 is 3.84. The Labute approximate surface area is 133 Å². The van der Waals surface area contributed by atoms with Crippen molar-refractivity contribution in [2.24, 2.45) is 23.2 Å². The van der Waals surface area contributed by atoms with E-state index in [0.717, 1.165) is 17.8 Å². The second kappa shape index (κ2) is 5.04. The lowest BCUT2D eigenvalue weighted by molar-refractivity contribution is -0.0523. The van der Waals surface area contributed by atoms with E-state index < -0.39 is 11.6 Å². The van der Waals surface area contributed by atoms with Crippen molar-refractivity contribution in [2.45, 2.75) is 49.8 Å². The molecule has 1 unspecified atom stereocenters. The Hall–Kier alpha value is -0.440. The van der Waals surface area contributed by atoms with Gasteiger partial charge in [0.25, 0.3) is 0 Å². The Balaban J connectivity index is 1.59. The highest BCUT2D eigenvalue weighted by Gasteiger charge is 2.53. The van der Waals surface area contributed by atoms with Gasteiger partial charge in [0, 0.05) is 10.4 Å². The van der Waals surface area contributed by atoms with E-state index in [1.54, 1.807) is 0 Å². The normalized spacial score (nSPS) is 38.7. The van der Waals surface area contributed by atoms with Gasteiger partial charge in [-0.05, 0) is 80.2 Å². The van der Waals surface area contributed by atoms with Gasteiger partial charge in [0.1, 0.15) is 11.6 Å². The topological polar surface area (TPSA) is 0 Å². The molecule has 4 bridgehead atoms. The van der Waals surface area contributed by atoms with Gasteiger partial charge in [-0.2, -0.15) is 0 Å². The summed E-state index contributed by atoms with van der Waals surface area (Å²) in [5.41, 5.74) is 0.541. The maximum atomic E-state index is 13.9. The number of halogens is 3. The summed E-state index contributed by atoms with van der Waals surface area (Å²) in [6.45, 7) is 0. The van der Waals surface area contributed by atoms with Gasteiger partial charge in [-0.3, -0.25) is 0 Å². The van der Waals surface area contributed by atoms with Crippen LogP contribution in [0.5, 0.6) is 0 Å². The molecule has 0 heterocycles. The second-order valence-corrected chi connectivity index (χ2v) is 8.76. The van der Waals surface area contributed by atoms with Crippen LogP contribution in [0.15, 0.2) is 18.2 Å². The Morgan fingerprint density at radius 2 is 1.48 bits per heavy atom. The highest BCUT2D eigenvalue weighted by molar-refractivity contribution is 9.09. The van der Waals surface area contributed by atoms with Crippen molar-refractivity contribution in [3.05, 3.63) is 35.4 Å². The van der Waals surface area contributed by atoms with Crippen molar-refractivity contribution >= 4 is 15.9 Å². The van der Waals surface area contributed by atoms with Crippen LogP contribution in [0.4, 0.5) is 8.78 Å². The van der Waals surface area contributed by atoms with E-state index in [-0.39, 0.29) is 15.8 Å². The van der Waals surface area contributed by atoms with Crippen molar-refractivity contribution in [3.63, 3.8) is 0 Å². The van der Waals surface area contributed by atoms with Crippen LogP contribution in [0.25, 0.3) is 0 Å². The van der Waals surface area contributed by atoms with Gasteiger partial charge < -0.3 is 0 Å². The van der Waals surface area contributed by atoms with Crippen LogP contribution in [0.1, 0.15) is 44.1 Å². The van der Waals surface area contributed by atoms with Crippen molar-refractivity contribution < 1.29 is 8.78 Å². The average molecular weight is 355 g/mol. The molecule has 4 fully saturated rings. The molecule has 1 aromatic rings. The summed E-state index contributed by atoms with van der Waals surface area (Å²) in [7, 11) is 0. The molecular formula is C18H21BrF2. The fourth-order valence-electron chi connectivity index (χ4n) is 5.68. The molecule has 1 atom stereocenters. The molecule has 114 valence electrons. The molecule has 0 spiro atoms. The van der Waals surface area contributed by atoms with Gasteiger partial charge in [-0.25, -0.2) is 8.78 Å². The van der Waals surface area contributed by atoms with Crippen LogP contribution in [-0.4, -0.2) is 4.83 Å². The van der Waals surface area contributed by atoms with Crippen LogP contribution in [0.3, 0.4) is 0 Å². The van der Waals surface area contributed by atoms with Gasteiger partial charge in [-0.15, -0.1) is 0 Å². The van der Waals surface area contributed by atoms with Gasteiger partial charge in [0.05, 0.1) is 0 Å². The summed E-state index contributed by atoms with van der Waals surface area (Å²) in [6.07, 6.45) is 8.43. The number of hydrogen-bond donors (Lipinski definition) is 0. The fraction of sp³-hybridized carbons (Fsp3) is 0.667. The van der Waals surface area contributed by atoms with Crippen LogP contribution < -0.4 is 0 Å². The van der Waals surface area contributed by atoms with E-state index in [0.29, 0.717) is 6.42 Å². The van der Waals surface area contributed by atoms with Crippen LogP contribution >= 0.6 is 15.9 Å². The summed E-state index contributed by atoms with van der Waals surface area (Å²) in [6, 6.07) is 4.19. The van der Waals surface area contributed by atoms with E-state index >= 15 is 0 Å². The zero-order valence-corrected chi connectivity index (χ0v) is 13.7. The van der Waals surface area contributed by atoms with Gasteiger partial charge in [0.2, 0.25) is 0 Å². The Morgan fingerprint density at radius 3 is 1.95 bits per heavy atom. The van der Waals surface area contributed by atoms with Gasteiger partial charge in [-0.1, -0.05) is 22.0 Å². The minimum Gasteiger partial charge on any atom is -0.207 e. The lowest BCUT2D eigenvalue weighted by atomic mass is 9.48. The molecule has 0 aliphatic heterocycles. The SMILES string of the molecule is Fc1cccc(F)c1CC(Br)C12CC3CC(CC(C3)C1)C2. The van der Waals surface area contributed by atoms with Crippen molar-refractivity contribution in [1.82, 2.24) is 0 Å². The third-order valence-electron chi connectivity index (χ3n) is 6.20. The summed E-state index contributed by atoms with van der Waals surface area (Å²) in [4.78, 5) is 0.199. The van der Waals surface area contributed by atoms with E-state index in [9.17, 15) is 8.78 Å². The molecule has 4 aliphatic rings. The summed E-state index contributed by atoms with van der Waals surface area (Å²) in [5.74, 6) is 1.79. The lowest BCUT2D eigenvalue weighted by Gasteiger charge is -2.58. The van der Waals surface area contributed by atoms with Crippen LogP contribution in [0, 0.1) is 34.8 Å². The van der Waals surface area contributed by atoms with Crippen molar-refractivity contribution in [2.75, 3.05) is 0 Å². The maximum absolute atomic E-state index is 13.9. The Kier molecular flexibility index (Phi) is 3.40. The highest BCUT2D eigenvalue weighted by Crippen LogP contribution is 2.62. The van der Waals surface area contributed by atoms with Gasteiger partial charge in [0.15, 0.2) is 0 Å². The lowest BCUT2D eigenvalue weighted by Crippen LogP contribution is -2.50. The van der Waals surface area contributed by atoms with Gasteiger partial charge >= 0.3 is 0 Å². The Morgan fingerprint density at radius 1 is 1.00 bits per heavy atom. The molecule has 0 amide bonds. The molecule has 5 rings (SSSR count). The molecule has 0 N–H and O–H groups in total. The predicted octanol–water partition coefficient (Wildman–Crippen LogP) is 5.49. The van der Waals surface area contributed by atoms with Crippen LogP contribution in [0.2, 0.25) is 0 Å². The maximum Gasteiger partial charge on any atom is 0.129 e. The summed E-state index contributed by atoms with van der Waals surface area (Å²) < 4.78 is 27.8. The molecule has 4 aliphatic carbocycles. The molecular weight excluding hydrogens is 334 g/mol. The molecule has 21 heavy (non-hydrogen) atoms. The highest BCUT2D eigenvalue weighted by atomic mass is 79.9. The predicted molar refractivity (Wildman–Crippen MR) is 83.4 cm³/mol. The zero-order valence-electron chi connectivity index (χ0n) is 12.1. The van der Waals surface area contributed by atoms with Crippen molar-refractivity contribution in [1.29, 1.82) is 0 Å². The van der Waals surface area contributed by atoms with E-state index in [4.69, 9.17) is 0 Å². The molecule has 1 aromatic carbocycles. The zero-order chi connectivity index (χ0) is 14.6. The van der Waals surface area contributed by atoms with E-state index in [2.05, 4.69) is 15.9 Å². The number of alkyl halides is 1. The first-order valence-corrected chi connectivity index (χ1v) is 9.04. The largest absolute Gasteiger partial charge is 0.207 e. The van der Waals surface area contributed by atoms with Crippen LogP contribution in [-0.2, 0) is 6.42 Å². The third kappa shape index (κ3) is 2.36. The first-order valence-electron chi connectivity index (χ1n) is 8.13. The third-order valence-corrected chi connectivity index (χ3v) is 7.49. The second-order valence-electron chi connectivity index (χ2n) is 7.65. The Bertz CT molecular complexity index is 499. The number of rotatable bonds is 3. The first kappa shape index (κ1) is 14.2. The standard InChI is InChI=1S/C18H21BrF2/c19-17(7-14-15(20)2-1-3-16(14)21)18-8-11-4-12(9-18)6-13(5-11)10-18/h1-3,11-13,17H,4-10H2. The molecule has 4 saturated carbocycles. The molecule has 0 radical (unpaired) electrons. The minimum absolute atomic E-state index is 0.199. The molecule has 0 aromatic heterocycles. The fourth-order valence-corrected chi connectivity index (χ4v) is 6.57. The molecule has 3 heteroatoms. The monoisotopic (exact) mass is 354 g/mol. The summed E-state index contributed by atoms with van der Waals surface area (Å²) in [5, 5.41) is 0. The average Bonchev–Trinajstić information content (AvgIpc) is 2.41. The quantitative estimate of drug-likeness (QED) is 0.629. The first-order chi connectivity index (χ1) is 10.1. The minimum atomic E-state index is -0.399. The number of benzene rings is 1. The smallest absolute Gasteiger partial charge is 0.129 e. The van der Waals surface area contributed by atoms with Crippen molar-refractivity contribution in [3.8, 4) is 0 Å². The van der Waals surface area contributed by atoms with E-state index in [1.807, 2.05) is 0 Å². The van der Waals surface area contributed by atoms with E-state index in [1.165, 1.54) is 56.7 Å². The molecule has 0 saturated heterocycles. The molecule has 0 nitrogen and oxygen atoms in total. The number of hydrogen-bond acceptors (Lipinski definition) is 0.